The van der Waals surface area contributed by atoms with Crippen LogP contribution in [0.15, 0.2) is 12.2 Å². The molecule has 22 nitrogen and oxygen atoms in total. The molecule has 1 spiro atoms. The van der Waals surface area contributed by atoms with Gasteiger partial charge in [0.25, 0.3) is 0 Å². The van der Waals surface area contributed by atoms with Gasteiger partial charge in [0, 0.05) is 0 Å². The number of rotatable bonds is 12. The molecule has 5 aliphatic heterocycles. The average Bonchev–Trinajstić information content (AvgIpc) is 4.07. The number of aliphatic hydroxyl groups excluding tert-OH is 12. The first-order chi connectivity index (χ1) is 31.3. The summed E-state index contributed by atoms with van der Waals surface area (Å²) in [4.78, 5) is 14.3. The fourth-order valence-electron chi connectivity index (χ4n) is 13.7. The number of carbonyl (C=O) groups is 1. The van der Waals surface area contributed by atoms with Gasteiger partial charge in [-0.15, -0.1) is 0 Å². The summed E-state index contributed by atoms with van der Waals surface area (Å²) < 4.78 is 53.5. The lowest BCUT2D eigenvalue weighted by molar-refractivity contribution is -0.381. The van der Waals surface area contributed by atoms with E-state index in [1.807, 2.05) is 6.92 Å². The Balaban J connectivity index is 0.945. The van der Waals surface area contributed by atoms with Gasteiger partial charge < -0.3 is 104 Å². The zero-order valence-electron chi connectivity index (χ0n) is 37.1. The molecule has 12 N–H and O–H groups in total. The molecular weight excluding hydrogens is 880 g/mol. The van der Waals surface area contributed by atoms with E-state index in [1.54, 1.807) is 0 Å². The summed E-state index contributed by atoms with van der Waals surface area (Å²) >= 11 is 0. The molecule has 22 heteroatoms. The van der Waals surface area contributed by atoms with Crippen LogP contribution < -0.4 is 0 Å². The molecule has 2 bridgehead atoms. The average molecular weight is 949 g/mol. The van der Waals surface area contributed by atoms with E-state index in [2.05, 4.69) is 13.5 Å². The summed E-state index contributed by atoms with van der Waals surface area (Å²) in [6.45, 7) is 6.33. The molecule has 4 aliphatic carbocycles. The Bertz CT molecular complexity index is 1770. The third-order valence-corrected chi connectivity index (χ3v) is 17.2. The second-order valence-electron chi connectivity index (χ2n) is 20.9. The Kier molecular flexibility index (Phi) is 13.6. The smallest absolute Gasteiger partial charge is 0.314 e. The predicted molar refractivity (Wildman–Crippen MR) is 216 cm³/mol. The standard InChI is InChI=1S/C44H68O22/c1-17-11-43-9-5-22-41(2,7-4-8-42(22,3)40(57)65-38-31(55)28(52)25(49)19(13-46)60-38)23(43)6-10-44(17,16-43)66-39-35(64-37-30(54)27(51)24(48)18(12-45)59-37)29(53)26(50)21(62-39)15-58-36-32(56)34-33(63-34)20(14-47)61-36/h18-39,45-56H,1,4-16H2,2-3H3/t18?,19?,20?,21?,22-,23-,24?,25?,26?,27?,28?,29?,30?,31?,32?,33?,34?,35?,36?,37?,38?,39?,41+,42+,43+,44-/m0/s1. The number of hydrogen-bond acceptors (Lipinski definition) is 22. The Hall–Kier alpha value is -1.59. The van der Waals surface area contributed by atoms with Crippen molar-refractivity contribution in [1.82, 2.24) is 0 Å². The molecule has 66 heavy (non-hydrogen) atoms. The zero-order valence-corrected chi connectivity index (χ0v) is 37.1. The second-order valence-corrected chi connectivity index (χ2v) is 20.9. The lowest BCUT2D eigenvalue weighted by Gasteiger charge is -2.64. The molecule has 5 heterocycles. The van der Waals surface area contributed by atoms with Crippen LogP contribution in [0.25, 0.3) is 0 Å². The van der Waals surface area contributed by atoms with Crippen molar-refractivity contribution in [3.63, 3.8) is 0 Å². The van der Waals surface area contributed by atoms with Crippen molar-refractivity contribution in [3.8, 4) is 0 Å². The minimum Gasteiger partial charge on any atom is -0.432 e. The largest absolute Gasteiger partial charge is 0.432 e. The third-order valence-electron chi connectivity index (χ3n) is 17.2. The van der Waals surface area contributed by atoms with Crippen molar-refractivity contribution in [3.05, 3.63) is 12.2 Å². The Morgan fingerprint density at radius 3 is 1.88 bits per heavy atom. The SMILES string of the molecule is C=C1C[C@@]23CC[C@H]4[C@@](C)(CCC[C@@]4(C)C(=O)OC4OC(CO)C(O)C(O)C4O)[C@@H]2CC[C@]1(OC1OC(COC2OC(CO)C4OC4C2O)C(O)C(O)C1OC1OC(CO)C(O)C(O)C1O)C3. The molecule has 0 aromatic rings. The van der Waals surface area contributed by atoms with Gasteiger partial charge in [-0.2, -0.15) is 0 Å². The molecule has 20 unspecified atom stereocenters. The van der Waals surface area contributed by atoms with Crippen molar-refractivity contribution in [2.45, 2.75) is 200 Å². The quantitative estimate of drug-likeness (QED) is 0.0383. The highest BCUT2D eigenvalue weighted by Crippen LogP contribution is 2.73. The number of hydrogen-bond donors (Lipinski definition) is 12. The van der Waals surface area contributed by atoms with E-state index in [1.165, 1.54) is 0 Å². The summed E-state index contributed by atoms with van der Waals surface area (Å²) in [5.41, 5.74) is -2.07. The van der Waals surface area contributed by atoms with Crippen molar-refractivity contribution >= 4 is 5.97 Å². The van der Waals surface area contributed by atoms with Gasteiger partial charge in [0.15, 0.2) is 18.9 Å². The van der Waals surface area contributed by atoms with E-state index in [0.29, 0.717) is 51.4 Å². The normalized spacial score (nSPS) is 55.6. The van der Waals surface area contributed by atoms with Gasteiger partial charge in [-0.25, -0.2) is 0 Å². The first-order valence-corrected chi connectivity index (χ1v) is 23.3. The molecule has 9 fully saturated rings. The number of fused-ring (bicyclic) bond motifs is 4. The maximum atomic E-state index is 14.3. The summed E-state index contributed by atoms with van der Waals surface area (Å²) in [5, 5.41) is 127. The number of carbonyl (C=O) groups excluding carboxylic acids is 1. The molecular formula is C44H68O22. The number of epoxide rings is 1. The maximum absolute atomic E-state index is 14.3. The second kappa shape index (κ2) is 18.2. The maximum Gasteiger partial charge on any atom is 0.314 e. The van der Waals surface area contributed by atoms with E-state index in [-0.39, 0.29) is 22.7 Å². The minimum atomic E-state index is -1.86. The van der Waals surface area contributed by atoms with Gasteiger partial charge in [0.05, 0.1) is 37.4 Å². The van der Waals surface area contributed by atoms with E-state index >= 15 is 0 Å². The molecule has 0 aromatic heterocycles. The fourth-order valence-corrected chi connectivity index (χ4v) is 13.7. The first-order valence-electron chi connectivity index (χ1n) is 23.3. The van der Waals surface area contributed by atoms with Crippen molar-refractivity contribution in [1.29, 1.82) is 0 Å². The van der Waals surface area contributed by atoms with Crippen molar-refractivity contribution in [2.24, 2.45) is 28.1 Å². The summed E-state index contributed by atoms with van der Waals surface area (Å²) in [7, 11) is 0. The predicted octanol–water partition coefficient (Wildman–Crippen LogP) is -4.07. The topological polar surface area (TPSA) is 346 Å². The highest BCUT2D eigenvalue weighted by Gasteiger charge is 2.70. The van der Waals surface area contributed by atoms with Gasteiger partial charge in [-0.3, -0.25) is 4.79 Å². The molecule has 4 saturated carbocycles. The van der Waals surface area contributed by atoms with E-state index in [0.717, 1.165) is 12.0 Å². The van der Waals surface area contributed by atoms with E-state index in [9.17, 15) is 66.1 Å². The van der Waals surface area contributed by atoms with Crippen LogP contribution in [0.4, 0.5) is 0 Å². The molecule has 0 aromatic carbocycles. The van der Waals surface area contributed by atoms with Gasteiger partial charge in [-0.1, -0.05) is 19.9 Å². The highest BCUT2D eigenvalue weighted by molar-refractivity contribution is 5.77. The summed E-state index contributed by atoms with van der Waals surface area (Å²) in [6, 6.07) is 0. The van der Waals surface area contributed by atoms with Gasteiger partial charge in [0.1, 0.15) is 97.7 Å². The van der Waals surface area contributed by atoms with Crippen LogP contribution in [0.1, 0.15) is 71.6 Å². The van der Waals surface area contributed by atoms with Crippen molar-refractivity contribution < 1.29 is 109 Å². The Morgan fingerprint density at radius 2 is 1.21 bits per heavy atom. The molecule has 376 valence electrons. The number of aliphatic hydroxyl groups is 12. The van der Waals surface area contributed by atoms with Crippen LogP contribution in [-0.2, 0) is 47.4 Å². The lowest BCUT2D eigenvalue weighted by atomic mass is 9.41. The minimum absolute atomic E-state index is 0.0705. The third kappa shape index (κ3) is 8.01. The van der Waals surface area contributed by atoms with Crippen LogP contribution in [0.3, 0.4) is 0 Å². The monoisotopic (exact) mass is 948 g/mol. The molecule has 0 radical (unpaired) electrons. The number of esters is 1. The Morgan fingerprint density at radius 1 is 0.621 bits per heavy atom. The highest BCUT2D eigenvalue weighted by atomic mass is 16.8. The fraction of sp³-hybridized carbons (Fsp3) is 0.932. The van der Waals surface area contributed by atoms with Crippen LogP contribution >= 0.6 is 0 Å². The molecule has 9 aliphatic rings. The molecule has 26 atom stereocenters. The van der Waals surface area contributed by atoms with E-state index < -0.39 is 166 Å². The Labute approximate surface area is 380 Å². The van der Waals surface area contributed by atoms with Crippen molar-refractivity contribution in [2.75, 3.05) is 26.4 Å². The molecule has 0 amide bonds. The molecule has 9 rings (SSSR count). The van der Waals surface area contributed by atoms with Crippen LogP contribution in [0, 0.1) is 28.1 Å². The van der Waals surface area contributed by atoms with E-state index in [4.69, 9.17) is 42.6 Å². The summed E-state index contributed by atoms with van der Waals surface area (Å²) in [5.74, 6) is -0.702. The van der Waals surface area contributed by atoms with Crippen LogP contribution in [0.5, 0.6) is 0 Å². The molecule has 5 saturated heterocycles. The summed E-state index contributed by atoms with van der Waals surface area (Å²) in [6.07, 6.45) is -23.4. The lowest BCUT2D eigenvalue weighted by Crippen LogP contribution is -2.66. The first kappa shape index (κ1) is 49.4. The van der Waals surface area contributed by atoms with Crippen LogP contribution in [-0.4, -0.2) is 222 Å². The van der Waals surface area contributed by atoms with Gasteiger partial charge in [-0.05, 0) is 86.5 Å². The zero-order chi connectivity index (χ0) is 47.4. The van der Waals surface area contributed by atoms with Gasteiger partial charge >= 0.3 is 5.97 Å². The number of ether oxygens (including phenoxy) is 9. The van der Waals surface area contributed by atoms with Gasteiger partial charge in [0.2, 0.25) is 6.29 Å². The van der Waals surface area contributed by atoms with Crippen LogP contribution in [0.2, 0.25) is 0 Å².